The van der Waals surface area contributed by atoms with E-state index in [-0.39, 0.29) is 33.4 Å². The van der Waals surface area contributed by atoms with Crippen molar-refractivity contribution in [3.63, 3.8) is 0 Å². The molecule has 1 fully saturated rings. The number of piperazine rings is 1. The third-order valence-corrected chi connectivity index (χ3v) is 7.68. The van der Waals surface area contributed by atoms with Gasteiger partial charge in [0.1, 0.15) is 11.4 Å². The number of carboxylic acid groups (broad SMARTS) is 1. The lowest BCUT2D eigenvalue weighted by Crippen LogP contribution is -2.44. The Morgan fingerprint density at radius 2 is 1.90 bits per heavy atom. The summed E-state index contributed by atoms with van der Waals surface area (Å²) in [4.78, 5) is 40.7. The lowest BCUT2D eigenvalue weighted by atomic mass is 10.1. The van der Waals surface area contributed by atoms with Crippen molar-refractivity contribution in [1.29, 1.82) is 0 Å². The summed E-state index contributed by atoms with van der Waals surface area (Å²) in [6.45, 7) is 5.50. The molecule has 2 aromatic carbocycles. The number of anilines is 1. The predicted octanol–water partition coefficient (Wildman–Crippen LogP) is 2.90. The van der Waals surface area contributed by atoms with Gasteiger partial charge in [0.25, 0.3) is 17.0 Å². The number of hydrogen-bond acceptors (Lipinski definition) is 10. The second kappa shape index (κ2) is 12.5. The van der Waals surface area contributed by atoms with Gasteiger partial charge in [0.05, 0.1) is 28.7 Å². The Kier molecular flexibility index (Phi) is 8.64. The number of carbonyl (C=O) groups is 2. The molecule has 0 aliphatic carbocycles. The first-order chi connectivity index (χ1) is 20.2. The predicted molar refractivity (Wildman–Crippen MR) is 157 cm³/mol. The number of rotatable bonds is 9. The smallest absolute Gasteiger partial charge is 0.335 e. The zero-order chi connectivity index (χ0) is 29.8. The summed E-state index contributed by atoms with van der Waals surface area (Å²) in [5.74, 6) is -2.05. The number of carbonyl (C=O) groups excluding carboxylic acids is 1. The molecule has 1 amide bonds. The fourth-order valence-electron chi connectivity index (χ4n) is 4.53. The summed E-state index contributed by atoms with van der Waals surface area (Å²) < 4.78 is 22.8. The summed E-state index contributed by atoms with van der Waals surface area (Å²) in [5.41, 5.74) is 3.92. The molecule has 0 radical (unpaired) electrons. The van der Waals surface area contributed by atoms with Crippen molar-refractivity contribution >= 4 is 46.4 Å². The summed E-state index contributed by atoms with van der Waals surface area (Å²) in [5, 5.41) is 21.0. The van der Waals surface area contributed by atoms with Crippen LogP contribution in [-0.4, -0.2) is 81.8 Å². The van der Waals surface area contributed by atoms with Crippen molar-refractivity contribution in [2.45, 2.75) is 18.7 Å². The number of hydrogen-bond donors (Lipinski definition) is 2. The largest absolute Gasteiger partial charge is 0.478 e. The minimum Gasteiger partial charge on any atom is -0.478 e. The van der Waals surface area contributed by atoms with Crippen LogP contribution in [0, 0.1) is 5.82 Å². The number of pyridine rings is 1. The SMILES string of the molecule is CCn1cc(-c2nnc(SCC(=O)N/N=C/c3ccc(C(=O)O)cc3)o2)c(=O)c2cc(F)c(N3CCN(C)CC3)cc21. The van der Waals surface area contributed by atoms with E-state index in [1.807, 2.05) is 23.4 Å². The second-order valence-electron chi connectivity index (χ2n) is 9.65. The fourth-order valence-corrected chi connectivity index (χ4v) is 5.09. The Balaban J connectivity index is 1.28. The van der Waals surface area contributed by atoms with E-state index in [9.17, 15) is 14.4 Å². The number of nitrogens with one attached hydrogen (secondary N) is 1. The minimum atomic E-state index is -1.03. The molecule has 2 aromatic heterocycles. The molecular formula is C28H28FN7O5S. The van der Waals surface area contributed by atoms with Gasteiger partial charge in [-0.2, -0.15) is 5.10 Å². The molecule has 218 valence electrons. The van der Waals surface area contributed by atoms with Crippen molar-refractivity contribution < 1.29 is 23.5 Å². The molecule has 5 rings (SSSR count). The van der Waals surface area contributed by atoms with E-state index < -0.39 is 23.1 Å². The average molecular weight is 594 g/mol. The normalized spacial score (nSPS) is 14.1. The van der Waals surface area contributed by atoms with Gasteiger partial charge in [0, 0.05) is 44.3 Å². The van der Waals surface area contributed by atoms with E-state index in [0.717, 1.165) is 24.9 Å². The molecule has 0 spiro atoms. The second-order valence-corrected chi connectivity index (χ2v) is 10.6. The van der Waals surface area contributed by atoms with E-state index in [1.165, 1.54) is 24.4 Å². The molecule has 4 aromatic rings. The van der Waals surface area contributed by atoms with E-state index in [2.05, 4.69) is 25.6 Å². The first-order valence-electron chi connectivity index (χ1n) is 13.2. The van der Waals surface area contributed by atoms with Crippen LogP contribution in [0.2, 0.25) is 0 Å². The van der Waals surface area contributed by atoms with Gasteiger partial charge in [-0.1, -0.05) is 23.9 Å². The van der Waals surface area contributed by atoms with Crippen molar-refractivity contribution in [2.75, 3.05) is 43.9 Å². The molecule has 0 bridgehead atoms. The van der Waals surface area contributed by atoms with Gasteiger partial charge in [-0.3, -0.25) is 9.59 Å². The first-order valence-corrected chi connectivity index (χ1v) is 14.1. The molecule has 0 atom stereocenters. The Morgan fingerprint density at radius 3 is 2.60 bits per heavy atom. The van der Waals surface area contributed by atoms with Crippen molar-refractivity contribution in [3.8, 4) is 11.5 Å². The number of amides is 1. The number of likely N-dealkylation sites (N-methyl/N-ethyl adjacent to an activating group) is 1. The van der Waals surface area contributed by atoms with Crippen molar-refractivity contribution in [2.24, 2.45) is 5.10 Å². The van der Waals surface area contributed by atoms with Crippen molar-refractivity contribution in [1.82, 2.24) is 25.1 Å². The molecule has 2 N–H and O–H groups in total. The number of hydrazone groups is 1. The molecule has 0 saturated carbocycles. The molecule has 1 aliphatic heterocycles. The summed E-state index contributed by atoms with van der Waals surface area (Å²) >= 11 is 0.966. The monoisotopic (exact) mass is 593 g/mol. The molecule has 1 aliphatic rings. The number of carboxylic acids is 1. The zero-order valence-electron chi connectivity index (χ0n) is 22.9. The van der Waals surface area contributed by atoms with Gasteiger partial charge in [-0.25, -0.2) is 14.6 Å². The summed E-state index contributed by atoms with van der Waals surface area (Å²) in [6, 6.07) is 9.00. The average Bonchev–Trinajstić information content (AvgIpc) is 3.46. The first kappa shape index (κ1) is 29.0. The Bertz CT molecular complexity index is 1710. The van der Waals surface area contributed by atoms with Crippen LogP contribution in [0.15, 0.2) is 62.1 Å². The highest BCUT2D eigenvalue weighted by Gasteiger charge is 2.22. The van der Waals surface area contributed by atoms with Crippen molar-refractivity contribution in [3.05, 3.63) is 69.8 Å². The third-order valence-electron chi connectivity index (χ3n) is 6.86. The van der Waals surface area contributed by atoms with Crippen LogP contribution < -0.4 is 15.8 Å². The van der Waals surface area contributed by atoms with Crippen LogP contribution >= 0.6 is 11.8 Å². The maximum absolute atomic E-state index is 15.2. The number of halogens is 1. The number of thioether (sulfide) groups is 1. The maximum atomic E-state index is 15.2. The van der Waals surface area contributed by atoms with Gasteiger partial charge < -0.3 is 23.9 Å². The van der Waals surface area contributed by atoms with Crippen LogP contribution in [0.3, 0.4) is 0 Å². The van der Waals surface area contributed by atoms with Crippen LogP contribution in [0.1, 0.15) is 22.8 Å². The van der Waals surface area contributed by atoms with Crippen LogP contribution in [-0.2, 0) is 11.3 Å². The molecular weight excluding hydrogens is 565 g/mol. The van der Waals surface area contributed by atoms with Crippen LogP contribution in [0.25, 0.3) is 22.4 Å². The molecule has 14 heteroatoms. The zero-order valence-corrected chi connectivity index (χ0v) is 23.7. The minimum absolute atomic E-state index is 0.0293. The van der Waals surface area contributed by atoms with Crippen LogP contribution in [0.4, 0.5) is 10.1 Å². The highest BCUT2D eigenvalue weighted by atomic mass is 32.2. The summed E-state index contributed by atoms with van der Waals surface area (Å²) in [7, 11) is 2.03. The van der Waals surface area contributed by atoms with Gasteiger partial charge in [-0.05, 0) is 43.8 Å². The fraction of sp³-hybridized carbons (Fsp3) is 0.286. The number of aryl methyl sites for hydroxylation is 1. The van der Waals surface area contributed by atoms with Gasteiger partial charge in [-0.15, -0.1) is 10.2 Å². The molecule has 42 heavy (non-hydrogen) atoms. The molecule has 3 heterocycles. The van der Waals surface area contributed by atoms with Gasteiger partial charge in [0.2, 0.25) is 5.43 Å². The number of fused-ring (bicyclic) bond motifs is 1. The van der Waals surface area contributed by atoms with Gasteiger partial charge >= 0.3 is 5.97 Å². The van der Waals surface area contributed by atoms with E-state index in [1.54, 1.807) is 24.4 Å². The standard InChI is InChI=1S/C28H28FN7O5S/c1-3-35-15-20(25(38)19-12-21(29)23(13-22(19)35)36-10-8-34(2)9-11-36)26-32-33-28(41-26)42-16-24(37)31-30-14-17-4-6-18(7-5-17)27(39)40/h4-7,12-15H,3,8-11,16H2,1-2H3,(H,31,37)(H,39,40)/b30-14+. The number of nitrogens with zero attached hydrogens (tertiary/aromatic N) is 6. The molecule has 12 nitrogen and oxygen atoms in total. The molecule has 1 saturated heterocycles. The Hall–Kier alpha value is -4.56. The third kappa shape index (κ3) is 6.34. The highest BCUT2D eigenvalue weighted by Crippen LogP contribution is 2.28. The lowest BCUT2D eigenvalue weighted by Gasteiger charge is -2.34. The Morgan fingerprint density at radius 1 is 1.17 bits per heavy atom. The number of aromatic nitrogens is 3. The highest BCUT2D eigenvalue weighted by molar-refractivity contribution is 7.99. The lowest BCUT2D eigenvalue weighted by molar-refractivity contribution is -0.118. The van der Waals surface area contributed by atoms with E-state index in [4.69, 9.17) is 9.52 Å². The van der Waals surface area contributed by atoms with Crippen LogP contribution in [0.5, 0.6) is 0 Å². The van der Waals surface area contributed by atoms with Gasteiger partial charge in [0.15, 0.2) is 0 Å². The quantitative estimate of drug-likeness (QED) is 0.169. The molecule has 0 unspecified atom stereocenters. The van der Waals surface area contributed by atoms with E-state index >= 15 is 4.39 Å². The summed E-state index contributed by atoms with van der Waals surface area (Å²) in [6.07, 6.45) is 3.01. The Labute approximate surface area is 243 Å². The van der Waals surface area contributed by atoms with E-state index in [0.29, 0.717) is 36.4 Å². The number of aromatic carboxylic acids is 1. The number of benzene rings is 2. The maximum Gasteiger partial charge on any atom is 0.335 e. The topological polar surface area (TPSA) is 146 Å².